The SMILES string of the molecule is CC(C)(C)CCSCCn1ccnc1. The van der Waals surface area contributed by atoms with Gasteiger partial charge in [-0.1, -0.05) is 20.8 Å². The average Bonchev–Trinajstić information content (AvgIpc) is 2.54. The molecule has 0 unspecified atom stereocenters. The highest BCUT2D eigenvalue weighted by molar-refractivity contribution is 7.99. The lowest BCUT2D eigenvalue weighted by molar-refractivity contribution is 0.401. The zero-order chi connectivity index (χ0) is 10.4. The zero-order valence-electron chi connectivity index (χ0n) is 9.36. The van der Waals surface area contributed by atoms with Crippen LogP contribution in [0.2, 0.25) is 0 Å². The second-order valence-corrected chi connectivity index (χ2v) is 5.95. The van der Waals surface area contributed by atoms with E-state index in [0.29, 0.717) is 5.41 Å². The monoisotopic (exact) mass is 212 g/mol. The maximum absolute atomic E-state index is 4.01. The molecule has 1 aromatic heterocycles. The molecule has 2 nitrogen and oxygen atoms in total. The average molecular weight is 212 g/mol. The van der Waals surface area contributed by atoms with Crippen LogP contribution in [0.1, 0.15) is 27.2 Å². The van der Waals surface area contributed by atoms with E-state index in [-0.39, 0.29) is 0 Å². The highest BCUT2D eigenvalue weighted by Gasteiger charge is 2.08. The summed E-state index contributed by atoms with van der Waals surface area (Å²) in [5.74, 6) is 2.45. The van der Waals surface area contributed by atoms with E-state index in [1.54, 1.807) is 0 Å². The fourth-order valence-corrected chi connectivity index (χ4v) is 2.37. The van der Waals surface area contributed by atoms with Crippen molar-refractivity contribution in [2.75, 3.05) is 11.5 Å². The number of imidazole rings is 1. The molecule has 1 rings (SSSR count). The molecule has 0 spiro atoms. The van der Waals surface area contributed by atoms with Gasteiger partial charge in [-0.3, -0.25) is 0 Å². The van der Waals surface area contributed by atoms with Gasteiger partial charge in [0.1, 0.15) is 0 Å². The molecule has 0 aliphatic heterocycles. The molecule has 0 atom stereocenters. The molecular weight excluding hydrogens is 192 g/mol. The summed E-state index contributed by atoms with van der Waals surface area (Å²) < 4.78 is 2.13. The summed E-state index contributed by atoms with van der Waals surface area (Å²) in [6.07, 6.45) is 7.02. The van der Waals surface area contributed by atoms with Gasteiger partial charge in [-0.15, -0.1) is 0 Å². The number of aryl methyl sites for hydroxylation is 1. The fourth-order valence-electron chi connectivity index (χ4n) is 1.07. The van der Waals surface area contributed by atoms with Crippen LogP contribution in [-0.2, 0) is 6.54 Å². The van der Waals surface area contributed by atoms with Gasteiger partial charge in [0, 0.05) is 24.7 Å². The molecule has 0 aromatic carbocycles. The zero-order valence-corrected chi connectivity index (χ0v) is 10.2. The molecule has 0 bridgehead atoms. The smallest absolute Gasteiger partial charge is 0.0946 e. The summed E-state index contributed by atoms with van der Waals surface area (Å²) >= 11 is 2.03. The Morgan fingerprint density at radius 1 is 1.29 bits per heavy atom. The minimum absolute atomic E-state index is 0.474. The Kier molecular flexibility index (Phi) is 4.52. The number of thioether (sulfide) groups is 1. The standard InChI is InChI=1S/C11H20N2S/c1-11(2,3)4-8-14-9-7-13-6-5-12-10-13/h5-6,10H,4,7-9H2,1-3H3. The molecule has 0 saturated heterocycles. The van der Waals surface area contributed by atoms with Gasteiger partial charge in [0.15, 0.2) is 0 Å². The van der Waals surface area contributed by atoms with Crippen molar-refractivity contribution in [2.45, 2.75) is 33.7 Å². The largest absolute Gasteiger partial charge is 0.337 e. The maximum Gasteiger partial charge on any atom is 0.0946 e. The third-order valence-corrected chi connectivity index (χ3v) is 3.01. The van der Waals surface area contributed by atoms with Gasteiger partial charge < -0.3 is 4.57 Å². The van der Waals surface area contributed by atoms with Crippen molar-refractivity contribution in [1.29, 1.82) is 0 Å². The van der Waals surface area contributed by atoms with E-state index in [1.807, 2.05) is 30.5 Å². The number of hydrogen-bond donors (Lipinski definition) is 0. The third-order valence-electron chi connectivity index (χ3n) is 2.05. The predicted octanol–water partition coefficient (Wildman–Crippen LogP) is 3.05. The van der Waals surface area contributed by atoms with Crippen LogP contribution in [0.15, 0.2) is 18.7 Å². The summed E-state index contributed by atoms with van der Waals surface area (Å²) in [4.78, 5) is 4.01. The second kappa shape index (κ2) is 5.44. The Balaban J connectivity index is 2.00. The van der Waals surface area contributed by atoms with Gasteiger partial charge in [-0.25, -0.2) is 4.98 Å². The topological polar surface area (TPSA) is 17.8 Å². The van der Waals surface area contributed by atoms with Crippen molar-refractivity contribution in [1.82, 2.24) is 9.55 Å². The Hall–Kier alpha value is -0.440. The molecule has 0 N–H and O–H groups in total. The summed E-state index contributed by atoms with van der Waals surface area (Å²) in [7, 11) is 0. The van der Waals surface area contributed by atoms with Gasteiger partial charge in [-0.2, -0.15) is 11.8 Å². The molecule has 1 heterocycles. The van der Waals surface area contributed by atoms with E-state index in [4.69, 9.17) is 0 Å². The molecule has 0 aliphatic rings. The van der Waals surface area contributed by atoms with Crippen LogP contribution in [0.4, 0.5) is 0 Å². The molecular formula is C11H20N2S. The first-order valence-corrected chi connectivity index (χ1v) is 6.27. The van der Waals surface area contributed by atoms with E-state index < -0.39 is 0 Å². The first-order chi connectivity index (χ1) is 6.58. The van der Waals surface area contributed by atoms with E-state index in [0.717, 1.165) is 6.54 Å². The first-order valence-electron chi connectivity index (χ1n) is 5.11. The molecule has 0 amide bonds. The summed E-state index contributed by atoms with van der Waals surface area (Å²) in [5, 5.41) is 0. The van der Waals surface area contributed by atoms with Crippen LogP contribution in [0, 0.1) is 5.41 Å². The fraction of sp³-hybridized carbons (Fsp3) is 0.727. The van der Waals surface area contributed by atoms with Crippen LogP contribution in [0.25, 0.3) is 0 Å². The van der Waals surface area contributed by atoms with E-state index in [9.17, 15) is 0 Å². The first kappa shape index (κ1) is 11.6. The van der Waals surface area contributed by atoms with Gasteiger partial charge in [0.25, 0.3) is 0 Å². The van der Waals surface area contributed by atoms with Crippen LogP contribution in [0.5, 0.6) is 0 Å². The van der Waals surface area contributed by atoms with Gasteiger partial charge in [-0.05, 0) is 17.6 Å². The number of rotatable bonds is 5. The summed E-state index contributed by atoms with van der Waals surface area (Å²) in [5.41, 5.74) is 0.474. The van der Waals surface area contributed by atoms with Gasteiger partial charge >= 0.3 is 0 Å². The van der Waals surface area contributed by atoms with Gasteiger partial charge in [0.05, 0.1) is 6.33 Å². The molecule has 3 heteroatoms. The summed E-state index contributed by atoms with van der Waals surface area (Å²) in [6.45, 7) is 7.96. The minimum atomic E-state index is 0.474. The molecule has 1 aromatic rings. The van der Waals surface area contributed by atoms with Crippen molar-refractivity contribution in [3.05, 3.63) is 18.7 Å². The molecule has 14 heavy (non-hydrogen) atoms. The van der Waals surface area contributed by atoms with Crippen molar-refractivity contribution < 1.29 is 0 Å². The van der Waals surface area contributed by atoms with Crippen molar-refractivity contribution in [3.63, 3.8) is 0 Å². The molecule has 80 valence electrons. The highest BCUT2D eigenvalue weighted by Crippen LogP contribution is 2.21. The van der Waals surface area contributed by atoms with E-state index >= 15 is 0 Å². The van der Waals surface area contributed by atoms with E-state index in [1.165, 1.54) is 17.9 Å². The Labute approximate surface area is 91.1 Å². The van der Waals surface area contributed by atoms with Crippen LogP contribution in [-0.4, -0.2) is 21.1 Å². The van der Waals surface area contributed by atoms with Crippen molar-refractivity contribution in [2.24, 2.45) is 5.41 Å². The second-order valence-electron chi connectivity index (χ2n) is 4.72. The van der Waals surface area contributed by atoms with Gasteiger partial charge in [0.2, 0.25) is 0 Å². The lowest BCUT2D eigenvalue weighted by atomic mass is 9.94. The predicted molar refractivity (Wildman–Crippen MR) is 63.6 cm³/mol. The van der Waals surface area contributed by atoms with Crippen molar-refractivity contribution >= 4 is 11.8 Å². The summed E-state index contributed by atoms with van der Waals surface area (Å²) in [6, 6.07) is 0. The molecule has 0 fully saturated rings. The lowest BCUT2D eigenvalue weighted by Crippen LogP contribution is -2.06. The third kappa shape index (κ3) is 5.32. The molecule has 0 aliphatic carbocycles. The van der Waals surface area contributed by atoms with Crippen LogP contribution in [0.3, 0.4) is 0 Å². The van der Waals surface area contributed by atoms with E-state index in [2.05, 4.69) is 30.3 Å². The number of aromatic nitrogens is 2. The normalized spacial score (nSPS) is 11.9. The Morgan fingerprint density at radius 2 is 2.07 bits per heavy atom. The Bertz CT molecular complexity index is 236. The highest BCUT2D eigenvalue weighted by atomic mass is 32.2. The molecule has 0 saturated carbocycles. The number of hydrogen-bond acceptors (Lipinski definition) is 2. The lowest BCUT2D eigenvalue weighted by Gasteiger charge is -2.17. The molecule has 0 radical (unpaired) electrons. The van der Waals surface area contributed by atoms with Crippen LogP contribution < -0.4 is 0 Å². The van der Waals surface area contributed by atoms with Crippen LogP contribution >= 0.6 is 11.8 Å². The Morgan fingerprint density at radius 3 is 2.64 bits per heavy atom. The maximum atomic E-state index is 4.01. The number of nitrogens with zero attached hydrogens (tertiary/aromatic N) is 2. The quantitative estimate of drug-likeness (QED) is 0.698. The van der Waals surface area contributed by atoms with Crippen molar-refractivity contribution in [3.8, 4) is 0 Å². The minimum Gasteiger partial charge on any atom is -0.337 e.